The third kappa shape index (κ3) is 4.73. The van der Waals surface area contributed by atoms with Crippen LogP contribution in [-0.4, -0.2) is 62.0 Å². The largest absolute Gasteiger partial charge is 0.444 e. The SMILES string of the molecule is CC(=O)NC[C@H]1CN(c2ccc(N3CC4C(C3)C4NC(=O)OC(C)(C)C)c(F)c2)C(=O)O1. The fourth-order valence-corrected chi connectivity index (χ4v) is 4.40. The number of halogens is 1. The minimum atomic E-state index is -0.564. The molecule has 2 N–H and O–H groups in total. The summed E-state index contributed by atoms with van der Waals surface area (Å²) in [4.78, 5) is 38.5. The van der Waals surface area contributed by atoms with Crippen molar-refractivity contribution in [1.29, 1.82) is 0 Å². The molecule has 3 atom stereocenters. The van der Waals surface area contributed by atoms with Crippen LogP contribution in [0.3, 0.4) is 0 Å². The van der Waals surface area contributed by atoms with Crippen molar-refractivity contribution < 1.29 is 28.2 Å². The number of amides is 3. The van der Waals surface area contributed by atoms with Gasteiger partial charge in [-0.2, -0.15) is 0 Å². The fourth-order valence-electron chi connectivity index (χ4n) is 4.40. The summed E-state index contributed by atoms with van der Waals surface area (Å²) in [7, 11) is 0. The molecular weight excluding hydrogens is 419 g/mol. The van der Waals surface area contributed by atoms with Crippen molar-refractivity contribution >= 4 is 29.5 Å². The van der Waals surface area contributed by atoms with Gasteiger partial charge in [0.05, 0.1) is 24.5 Å². The van der Waals surface area contributed by atoms with Gasteiger partial charge in [0.2, 0.25) is 5.91 Å². The maximum atomic E-state index is 14.9. The van der Waals surface area contributed by atoms with E-state index in [0.717, 1.165) is 0 Å². The quantitative estimate of drug-likeness (QED) is 0.717. The second kappa shape index (κ2) is 8.14. The number of hydrogen-bond acceptors (Lipinski definition) is 6. The highest BCUT2D eigenvalue weighted by molar-refractivity contribution is 5.90. The Balaban J connectivity index is 1.32. The van der Waals surface area contributed by atoms with Crippen LogP contribution in [0.2, 0.25) is 0 Å². The summed E-state index contributed by atoms with van der Waals surface area (Å²) >= 11 is 0. The highest BCUT2D eigenvalue weighted by atomic mass is 19.1. The monoisotopic (exact) mass is 448 g/mol. The van der Waals surface area contributed by atoms with Crippen LogP contribution in [0.25, 0.3) is 0 Å². The molecule has 3 amide bonds. The zero-order valence-corrected chi connectivity index (χ0v) is 18.7. The van der Waals surface area contributed by atoms with Gasteiger partial charge in [-0.25, -0.2) is 14.0 Å². The van der Waals surface area contributed by atoms with Gasteiger partial charge in [0, 0.05) is 37.9 Å². The van der Waals surface area contributed by atoms with Crippen molar-refractivity contribution in [1.82, 2.24) is 10.6 Å². The number of hydrogen-bond donors (Lipinski definition) is 2. The number of piperidine rings is 1. The van der Waals surface area contributed by atoms with Crippen molar-refractivity contribution in [2.45, 2.75) is 45.4 Å². The summed E-state index contributed by atoms with van der Waals surface area (Å²) in [6.07, 6.45) is -1.46. The molecule has 9 nitrogen and oxygen atoms in total. The first-order valence-electron chi connectivity index (χ1n) is 10.8. The van der Waals surface area contributed by atoms with Gasteiger partial charge >= 0.3 is 12.2 Å². The van der Waals surface area contributed by atoms with E-state index >= 15 is 0 Å². The molecule has 32 heavy (non-hydrogen) atoms. The van der Waals surface area contributed by atoms with Gasteiger partial charge in [-0.3, -0.25) is 9.69 Å². The van der Waals surface area contributed by atoms with Gasteiger partial charge in [-0.15, -0.1) is 0 Å². The van der Waals surface area contributed by atoms with E-state index in [1.54, 1.807) is 12.1 Å². The lowest BCUT2D eigenvalue weighted by Crippen LogP contribution is -2.38. The molecule has 0 bridgehead atoms. The Kier molecular flexibility index (Phi) is 5.64. The molecule has 2 aliphatic heterocycles. The molecule has 1 aromatic carbocycles. The number of carbonyl (C=O) groups excluding carboxylic acids is 3. The Bertz CT molecular complexity index is 921. The fraction of sp³-hybridized carbons (Fsp3) is 0.591. The maximum absolute atomic E-state index is 14.9. The summed E-state index contributed by atoms with van der Waals surface area (Å²) in [6.45, 7) is 8.59. The van der Waals surface area contributed by atoms with Crippen LogP contribution in [0.5, 0.6) is 0 Å². The van der Waals surface area contributed by atoms with E-state index in [9.17, 15) is 18.8 Å². The average Bonchev–Trinajstić information content (AvgIpc) is 3.03. The molecule has 4 rings (SSSR count). The summed E-state index contributed by atoms with van der Waals surface area (Å²) in [5.41, 5.74) is 0.339. The Hall–Kier alpha value is -3.04. The van der Waals surface area contributed by atoms with E-state index in [1.165, 1.54) is 17.9 Å². The number of nitrogens with one attached hydrogen (secondary N) is 2. The summed E-state index contributed by atoms with van der Waals surface area (Å²) in [5.74, 6) is -0.0879. The van der Waals surface area contributed by atoms with Crippen LogP contribution >= 0.6 is 0 Å². The summed E-state index contributed by atoms with van der Waals surface area (Å²) < 4.78 is 25.4. The van der Waals surface area contributed by atoms with Crippen molar-refractivity contribution in [3.63, 3.8) is 0 Å². The molecule has 0 aromatic heterocycles. The van der Waals surface area contributed by atoms with E-state index < -0.39 is 29.7 Å². The molecule has 174 valence electrons. The number of cyclic esters (lactones) is 1. The molecule has 1 aliphatic carbocycles. The zero-order chi connectivity index (χ0) is 23.2. The minimum absolute atomic E-state index is 0.0587. The molecule has 2 heterocycles. The smallest absolute Gasteiger partial charge is 0.414 e. The van der Waals surface area contributed by atoms with Crippen molar-refractivity contribution in [2.75, 3.05) is 36.0 Å². The molecule has 1 aromatic rings. The number of nitrogens with zero attached hydrogens (tertiary/aromatic N) is 2. The first-order valence-corrected chi connectivity index (χ1v) is 10.8. The zero-order valence-electron chi connectivity index (χ0n) is 18.7. The van der Waals surface area contributed by atoms with Crippen LogP contribution in [0.15, 0.2) is 18.2 Å². The average molecular weight is 448 g/mol. The Morgan fingerprint density at radius 1 is 1.22 bits per heavy atom. The molecule has 10 heteroatoms. The third-order valence-electron chi connectivity index (χ3n) is 5.91. The van der Waals surface area contributed by atoms with Crippen molar-refractivity contribution in [3.05, 3.63) is 24.0 Å². The van der Waals surface area contributed by atoms with Crippen molar-refractivity contribution in [3.8, 4) is 0 Å². The summed E-state index contributed by atoms with van der Waals surface area (Å²) in [5, 5.41) is 5.52. The molecule has 2 saturated heterocycles. The molecule has 3 aliphatic rings. The van der Waals surface area contributed by atoms with Crippen LogP contribution in [-0.2, 0) is 14.3 Å². The highest BCUT2D eigenvalue weighted by Crippen LogP contribution is 2.47. The van der Waals surface area contributed by atoms with E-state index in [4.69, 9.17) is 9.47 Å². The Morgan fingerprint density at radius 2 is 1.91 bits per heavy atom. The topological polar surface area (TPSA) is 100 Å². The lowest BCUT2D eigenvalue weighted by molar-refractivity contribution is -0.119. The predicted octanol–water partition coefficient (Wildman–Crippen LogP) is 2.25. The van der Waals surface area contributed by atoms with Gasteiger partial charge in [0.15, 0.2) is 0 Å². The van der Waals surface area contributed by atoms with E-state index in [1.807, 2.05) is 25.7 Å². The van der Waals surface area contributed by atoms with Gasteiger partial charge in [0.1, 0.15) is 17.5 Å². The van der Waals surface area contributed by atoms with Gasteiger partial charge in [0.25, 0.3) is 0 Å². The number of rotatable bonds is 5. The third-order valence-corrected chi connectivity index (χ3v) is 5.91. The Labute approximate surface area is 186 Å². The van der Waals surface area contributed by atoms with Gasteiger partial charge in [-0.05, 0) is 39.0 Å². The Morgan fingerprint density at radius 3 is 2.50 bits per heavy atom. The first-order chi connectivity index (χ1) is 15.0. The number of alkyl carbamates (subject to hydrolysis) is 1. The lowest BCUT2D eigenvalue weighted by atomic mass is 10.2. The van der Waals surface area contributed by atoms with Crippen LogP contribution in [0.4, 0.5) is 25.4 Å². The normalized spacial score (nSPS) is 26.5. The molecular formula is C22H29FN4O5. The number of benzene rings is 1. The number of ether oxygens (including phenoxy) is 2. The second-order valence-corrected chi connectivity index (χ2v) is 9.59. The highest BCUT2D eigenvalue weighted by Gasteiger charge is 2.57. The van der Waals surface area contributed by atoms with Crippen LogP contribution < -0.4 is 20.4 Å². The molecule has 1 saturated carbocycles. The molecule has 0 radical (unpaired) electrons. The predicted molar refractivity (Wildman–Crippen MR) is 115 cm³/mol. The second-order valence-electron chi connectivity index (χ2n) is 9.59. The summed E-state index contributed by atoms with van der Waals surface area (Å²) in [6, 6.07) is 4.75. The molecule has 2 unspecified atom stereocenters. The van der Waals surface area contributed by atoms with E-state index in [0.29, 0.717) is 24.5 Å². The maximum Gasteiger partial charge on any atom is 0.414 e. The lowest BCUT2D eigenvalue weighted by Gasteiger charge is -2.25. The standard InChI is InChI=1S/C22H29FN4O5/c1-12(28)24-8-14-9-27(21(30)31-14)13-5-6-18(17(23)7-13)26-10-15-16(11-26)19(15)25-20(29)32-22(2,3)4/h5-7,14-16,19H,8-11H2,1-4H3,(H,24,28)(H,25,29)/t14-,15?,16?,19?/m0/s1. The number of fused-ring (bicyclic) bond motifs is 1. The van der Waals surface area contributed by atoms with Crippen LogP contribution in [0.1, 0.15) is 27.7 Å². The number of carbonyl (C=O) groups is 3. The van der Waals surface area contributed by atoms with Crippen LogP contribution in [0, 0.1) is 17.7 Å². The van der Waals surface area contributed by atoms with Crippen molar-refractivity contribution in [2.24, 2.45) is 11.8 Å². The first kappa shape index (κ1) is 22.2. The molecule has 0 spiro atoms. The van der Waals surface area contributed by atoms with E-state index in [-0.39, 0.29) is 36.9 Å². The minimum Gasteiger partial charge on any atom is -0.444 e. The van der Waals surface area contributed by atoms with E-state index in [2.05, 4.69) is 10.6 Å². The molecule has 3 fully saturated rings. The number of anilines is 2. The van der Waals surface area contributed by atoms with Gasteiger partial charge < -0.3 is 25.0 Å². The van der Waals surface area contributed by atoms with Gasteiger partial charge in [-0.1, -0.05) is 0 Å².